The predicted octanol–water partition coefficient (Wildman–Crippen LogP) is 0.0354. The number of nitrogens with one attached hydrogen (secondary N) is 1. The Balaban J connectivity index is 2.04. The summed E-state index contributed by atoms with van der Waals surface area (Å²) in [6, 6.07) is 3.64. The van der Waals surface area contributed by atoms with E-state index in [4.69, 9.17) is 0 Å². The van der Waals surface area contributed by atoms with E-state index in [0.717, 1.165) is 19.6 Å². The van der Waals surface area contributed by atoms with E-state index < -0.39 is 0 Å². The Hall–Kier alpha value is -2.28. The quantitative estimate of drug-likeness (QED) is 0.840. The highest BCUT2D eigenvalue weighted by atomic mass is 16.1. The molecule has 3 heterocycles. The monoisotopic (exact) mass is 286 g/mol. The van der Waals surface area contributed by atoms with Crippen LogP contribution in [0.3, 0.4) is 0 Å². The van der Waals surface area contributed by atoms with Crippen LogP contribution in [-0.4, -0.2) is 45.2 Å². The first-order valence-electron chi connectivity index (χ1n) is 6.98. The minimum absolute atomic E-state index is 0.0835. The molecule has 1 aliphatic rings. The molecule has 0 bridgehead atoms. The van der Waals surface area contributed by atoms with E-state index >= 15 is 0 Å². The molecule has 1 aliphatic heterocycles. The van der Waals surface area contributed by atoms with E-state index in [1.165, 1.54) is 12.4 Å². The smallest absolute Gasteiger partial charge is 0.255 e. The Morgan fingerprint density at radius 3 is 2.95 bits per heavy atom. The minimum Gasteiger partial charge on any atom is -0.339 e. The Morgan fingerprint density at radius 2 is 2.24 bits per heavy atom. The molecule has 2 aromatic heterocycles. The van der Waals surface area contributed by atoms with E-state index in [9.17, 15) is 4.79 Å². The lowest BCUT2D eigenvalue weighted by molar-refractivity contribution is 0.474. The Kier molecular flexibility index (Phi) is 3.66. The molecule has 110 valence electrons. The molecule has 2 aromatic rings. The van der Waals surface area contributed by atoms with E-state index in [1.54, 1.807) is 23.9 Å². The van der Waals surface area contributed by atoms with Gasteiger partial charge in [-0.1, -0.05) is 0 Å². The van der Waals surface area contributed by atoms with Gasteiger partial charge in [0.2, 0.25) is 5.95 Å². The molecule has 1 fully saturated rings. The van der Waals surface area contributed by atoms with Crippen LogP contribution in [0.5, 0.6) is 0 Å². The van der Waals surface area contributed by atoms with Crippen molar-refractivity contribution in [1.29, 1.82) is 0 Å². The second-order valence-corrected chi connectivity index (χ2v) is 5.23. The van der Waals surface area contributed by atoms with E-state index in [0.29, 0.717) is 23.4 Å². The van der Waals surface area contributed by atoms with Crippen molar-refractivity contribution >= 4 is 5.95 Å². The summed E-state index contributed by atoms with van der Waals surface area (Å²) in [5.74, 6) is 0.685. The highest BCUT2D eigenvalue weighted by Crippen LogP contribution is 2.17. The van der Waals surface area contributed by atoms with Gasteiger partial charge in [0.15, 0.2) is 0 Å². The molecule has 1 N–H and O–H groups in total. The van der Waals surface area contributed by atoms with Gasteiger partial charge in [-0.15, -0.1) is 0 Å². The van der Waals surface area contributed by atoms with Gasteiger partial charge in [-0.2, -0.15) is 0 Å². The summed E-state index contributed by atoms with van der Waals surface area (Å²) in [6.07, 6.45) is 3.11. The average Bonchev–Trinajstić information content (AvgIpc) is 2.51. The molecular weight excluding hydrogens is 268 g/mol. The summed E-state index contributed by atoms with van der Waals surface area (Å²) < 4.78 is 1.59. The predicted molar refractivity (Wildman–Crippen MR) is 80.2 cm³/mol. The summed E-state index contributed by atoms with van der Waals surface area (Å²) in [7, 11) is 1.75. The Morgan fingerprint density at radius 1 is 1.38 bits per heavy atom. The molecule has 1 atom stereocenters. The summed E-state index contributed by atoms with van der Waals surface area (Å²) >= 11 is 0. The molecular formula is C14H18N6O. The van der Waals surface area contributed by atoms with Crippen molar-refractivity contribution in [2.45, 2.75) is 13.0 Å². The fourth-order valence-corrected chi connectivity index (χ4v) is 2.50. The van der Waals surface area contributed by atoms with Gasteiger partial charge in [-0.05, 0) is 13.0 Å². The van der Waals surface area contributed by atoms with Crippen LogP contribution in [0, 0.1) is 0 Å². The van der Waals surface area contributed by atoms with Crippen molar-refractivity contribution in [3.05, 3.63) is 35.0 Å². The molecule has 1 saturated heterocycles. The van der Waals surface area contributed by atoms with Gasteiger partial charge < -0.3 is 10.2 Å². The van der Waals surface area contributed by atoms with Crippen LogP contribution in [0.4, 0.5) is 5.95 Å². The van der Waals surface area contributed by atoms with Gasteiger partial charge in [-0.3, -0.25) is 9.36 Å². The number of nitrogens with zero attached hydrogens (tertiary/aromatic N) is 5. The van der Waals surface area contributed by atoms with Gasteiger partial charge in [-0.25, -0.2) is 15.0 Å². The first kappa shape index (κ1) is 13.7. The maximum Gasteiger partial charge on any atom is 0.255 e. The van der Waals surface area contributed by atoms with Crippen LogP contribution in [0.25, 0.3) is 11.4 Å². The molecule has 1 unspecified atom stereocenters. The number of rotatable bonds is 2. The standard InChI is InChI=1S/C14H18N6O/c1-10-8-20(6-5-16-10)14-18-12(7-13(21)19(14)2)11-3-4-15-9-17-11/h3-4,7,9-10,16H,5-6,8H2,1-2H3. The lowest BCUT2D eigenvalue weighted by atomic mass is 10.2. The van der Waals surface area contributed by atoms with Gasteiger partial charge in [0.1, 0.15) is 6.33 Å². The maximum atomic E-state index is 12.2. The third kappa shape index (κ3) is 2.78. The SMILES string of the molecule is CC1CN(c2nc(-c3ccncn3)cc(=O)n2C)CCN1. The second kappa shape index (κ2) is 5.61. The van der Waals surface area contributed by atoms with Crippen LogP contribution in [0.2, 0.25) is 0 Å². The van der Waals surface area contributed by atoms with Gasteiger partial charge in [0.25, 0.3) is 5.56 Å². The van der Waals surface area contributed by atoms with Crippen LogP contribution >= 0.6 is 0 Å². The fraction of sp³-hybridized carbons (Fsp3) is 0.429. The molecule has 0 amide bonds. The van der Waals surface area contributed by atoms with Crippen LogP contribution in [-0.2, 0) is 7.05 Å². The zero-order valence-corrected chi connectivity index (χ0v) is 12.2. The third-order valence-corrected chi connectivity index (χ3v) is 3.61. The molecule has 7 nitrogen and oxygen atoms in total. The summed E-state index contributed by atoms with van der Waals surface area (Å²) in [6.45, 7) is 4.67. The van der Waals surface area contributed by atoms with Gasteiger partial charge in [0, 0.05) is 45.0 Å². The molecule has 0 aromatic carbocycles. The average molecular weight is 286 g/mol. The van der Waals surface area contributed by atoms with Crippen molar-refractivity contribution < 1.29 is 0 Å². The number of anilines is 1. The number of piperazine rings is 1. The molecule has 7 heteroatoms. The fourth-order valence-electron chi connectivity index (χ4n) is 2.50. The van der Waals surface area contributed by atoms with Gasteiger partial charge in [0.05, 0.1) is 11.4 Å². The first-order valence-corrected chi connectivity index (χ1v) is 6.98. The highest BCUT2D eigenvalue weighted by Gasteiger charge is 2.20. The van der Waals surface area contributed by atoms with Crippen molar-refractivity contribution in [1.82, 2.24) is 24.8 Å². The lowest BCUT2D eigenvalue weighted by Gasteiger charge is -2.33. The highest BCUT2D eigenvalue weighted by molar-refractivity contribution is 5.55. The normalized spacial score (nSPS) is 18.8. The molecule has 21 heavy (non-hydrogen) atoms. The molecule has 0 spiro atoms. The minimum atomic E-state index is -0.0835. The Bertz CT molecular complexity index is 684. The van der Waals surface area contributed by atoms with Crippen molar-refractivity contribution in [3.8, 4) is 11.4 Å². The zero-order chi connectivity index (χ0) is 14.8. The number of aromatic nitrogens is 4. The summed E-state index contributed by atoms with van der Waals surface area (Å²) in [5.41, 5.74) is 1.16. The van der Waals surface area contributed by atoms with Crippen molar-refractivity contribution in [3.63, 3.8) is 0 Å². The first-order chi connectivity index (χ1) is 10.1. The molecule has 0 aliphatic carbocycles. The van der Waals surface area contributed by atoms with Crippen LogP contribution in [0.15, 0.2) is 29.5 Å². The Labute approximate surface area is 122 Å². The second-order valence-electron chi connectivity index (χ2n) is 5.23. The summed E-state index contributed by atoms with van der Waals surface area (Å²) in [5, 5.41) is 3.38. The van der Waals surface area contributed by atoms with E-state index in [2.05, 4.69) is 32.1 Å². The van der Waals surface area contributed by atoms with Crippen molar-refractivity contribution in [2.24, 2.45) is 7.05 Å². The lowest BCUT2D eigenvalue weighted by Crippen LogP contribution is -2.50. The molecule has 0 radical (unpaired) electrons. The third-order valence-electron chi connectivity index (χ3n) is 3.61. The number of hydrogen-bond acceptors (Lipinski definition) is 6. The topological polar surface area (TPSA) is 75.9 Å². The molecule has 0 saturated carbocycles. The zero-order valence-electron chi connectivity index (χ0n) is 12.2. The molecule has 3 rings (SSSR count). The summed E-state index contributed by atoms with van der Waals surface area (Å²) in [4.78, 5) is 27.0. The van der Waals surface area contributed by atoms with Crippen LogP contribution in [0.1, 0.15) is 6.92 Å². The van der Waals surface area contributed by atoms with E-state index in [-0.39, 0.29) is 5.56 Å². The van der Waals surface area contributed by atoms with Crippen LogP contribution < -0.4 is 15.8 Å². The maximum absolute atomic E-state index is 12.2. The number of hydrogen-bond donors (Lipinski definition) is 1. The van der Waals surface area contributed by atoms with Gasteiger partial charge >= 0.3 is 0 Å². The van der Waals surface area contributed by atoms with Crippen molar-refractivity contribution in [2.75, 3.05) is 24.5 Å². The van der Waals surface area contributed by atoms with E-state index in [1.807, 2.05) is 0 Å². The largest absolute Gasteiger partial charge is 0.339 e.